The summed E-state index contributed by atoms with van der Waals surface area (Å²) in [6, 6.07) is 9.15. The standard InChI is InChI=1S/C19H18N2O6S/c1-12-20-15-7-6-14(11-17(15)26-12)27-28(23,24)18-10-13(5-8-16(18)25-2)21-9-3-4-19(21)22/h5-8,10-11H,3-4,9H2,1-2H3. The molecule has 28 heavy (non-hydrogen) atoms. The van der Waals surface area contributed by atoms with E-state index in [2.05, 4.69) is 4.98 Å². The lowest BCUT2D eigenvalue weighted by Crippen LogP contribution is -2.24. The molecule has 1 aliphatic heterocycles. The molecule has 4 rings (SSSR count). The van der Waals surface area contributed by atoms with Gasteiger partial charge in [0.2, 0.25) is 5.91 Å². The number of carbonyl (C=O) groups is 1. The maximum absolute atomic E-state index is 12.9. The van der Waals surface area contributed by atoms with Crippen LogP contribution in [0.5, 0.6) is 11.5 Å². The Bertz CT molecular complexity index is 1170. The second-order valence-corrected chi connectivity index (χ2v) is 7.90. The van der Waals surface area contributed by atoms with Gasteiger partial charge in [-0.15, -0.1) is 0 Å². The molecule has 0 unspecified atom stereocenters. The van der Waals surface area contributed by atoms with Gasteiger partial charge in [-0.3, -0.25) is 4.79 Å². The molecule has 1 saturated heterocycles. The summed E-state index contributed by atoms with van der Waals surface area (Å²) in [6.45, 7) is 2.25. The van der Waals surface area contributed by atoms with Crippen LogP contribution in [0, 0.1) is 6.92 Å². The van der Waals surface area contributed by atoms with Crippen molar-refractivity contribution >= 4 is 32.8 Å². The summed E-state index contributed by atoms with van der Waals surface area (Å²) in [4.78, 5) is 17.6. The highest BCUT2D eigenvalue weighted by Crippen LogP contribution is 2.33. The molecule has 0 aliphatic carbocycles. The van der Waals surface area contributed by atoms with Gasteiger partial charge in [0.25, 0.3) is 0 Å². The first-order valence-corrected chi connectivity index (χ1v) is 10.1. The molecule has 0 atom stereocenters. The van der Waals surface area contributed by atoms with E-state index < -0.39 is 10.1 Å². The Balaban J connectivity index is 1.71. The van der Waals surface area contributed by atoms with E-state index in [9.17, 15) is 13.2 Å². The topological polar surface area (TPSA) is 98.9 Å². The van der Waals surface area contributed by atoms with Gasteiger partial charge < -0.3 is 18.2 Å². The molecule has 2 aromatic carbocycles. The number of carbonyl (C=O) groups excluding carboxylic acids is 1. The van der Waals surface area contributed by atoms with Gasteiger partial charge in [-0.1, -0.05) is 0 Å². The number of methoxy groups -OCH3 is 1. The number of hydrogen-bond donors (Lipinski definition) is 0. The van der Waals surface area contributed by atoms with Crippen LogP contribution < -0.4 is 13.8 Å². The summed E-state index contributed by atoms with van der Waals surface area (Å²) >= 11 is 0. The molecule has 0 bridgehead atoms. The lowest BCUT2D eigenvalue weighted by molar-refractivity contribution is -0.117. The minimum absolute atomic E-state index is 0.0411. The van der Waals surface area contributed by atoms with Crippen molar-refractivity contribution in [1.82, 2.24) is 4.98 Å². The van der Waals surface area contributed by atoms with Crippen LogP contribution in [0.3, 0.4) is 0 Å². The van der Waals surface area contributed by atoms with Gasteiger partial charge in [0.15, 0.2) is 11.5 Å². The van der Waals surface area contributed by atoms with E-state index in [1.807, 2.05) is 0 Å². The summed E-state index contributed by atoms with van der Waals surface area (Å²) in [5.74, 6) is 0.653. The molecule has 8 nitrogen and oxygen atoms in total. The fourth-order valence-electron chi connectivity index (χ4n) is 3.19. The second-order valence-electron chi connectivity index (χ2n) is 6.38. The molecule has 3 aromatic rings. The van der Waals surface area contributed by atoms with Crippen LogP contribution in [0.25, 0.3) is 11.1 Å². The third kappa shape index (κ3) is 3.29. The summed E-state index contributed by atoms with van der Waals surface area (Å²) < 4.78 is 41.7. The van der Waals surface area contributed by atoms with E-state index in [0.29, 0.717) is 35.6 Å². The largest absolute Gasteiger partial charge is 0.495 e. The highest BCUT2D eigenvalue weighted by molar-refractivity contribution is 7.87. The Kier molecular flexibility index (Phi) is 4.46. The number of rotatable bonds is 5. The Morgan fingerprint density at radius 3 is 2.71 bits per heavy atom. The van der Waals surface area contributed by atoms with E-state index in [1.54, 1.807) is 24.0 Å². The van der Waals surface area contributed by atoms with Crippen LogP contribution in [-0.4, -0.2) is 33.0 Å². The Morgan fingerprint density at radius 1 is 1.18 bits per heavy atom. The van der Waals surface area contributed by atoms with Crippen molar-refractivity contribution in [2.24, 2.45) is 0 Å². The number of nitrogens with zero attached hydrogens (tertiary/aromatic N) is 2. The molecule has 1 fully saturated rings. The number of fused-ring (bicyclic) bond motifs is 1. The molecule has 1 aromatic heterocycles. The number of hydrogen-bond acceptors (Lipinski definition) is 7. The van der Waals surface area contributed by atoms with Crippen molar-refractivity contribution in [3.05, 3.63) is 42.3 Å². The van der Waals surface area contributed by atoms with E-state index in [1.165, 1.54) is 31.4 Å². The zero-order valence-corrected chi connectivity index (χ0v) is 16.2. The highest BCUT2D eigenvalue weighted by Gasteiger charge is 2.27. The normalized spacial score (nSPS) is 14.6. The van der Waals surface area contributed by atoms with Crippen LogP contribution in [0.2, 0.25) is 0 Å². The van der Waals surface area contributed by atoms with Gasteiger partial charge in [0.1, 0.15) is 21.9 Å². The van der Waals surface area contributed by atoms with E-state index in [-0.39, 0.29) is 22.3 Å². The minimum atomic E-state index is -4.21. The predicted molar refractivity (Wildman–Crippen MR) is 101 cm³/mol. The van der Waals surface area contributed by atoms with Gasteiger partial charge >= 0.3 is 10.1 Å². The number of aromatic nitrogens is 1. The first-order chi connectivity index (χ1) is 13.4. The van der Waals surface area contributed by atoms with Crippen LogP contribution in [-0.2, 0) is 14.9 Å². The quantitative estimate of drug-likeness (QED) is 0.605. The first kappa shape index (κ1) is 18.3. The first-order valence-electron chi connectivity index (χ1n) is 8.67. The lowest BCUT2D eigenvalue weighted by atomic mass is 10.3. The number of aryl methyl sites for hydroxylation is 1. The van der Waals surface area contributed by atoms with Gasteiger partial charge in [-0.05, 0) is 36.8 Å². The van der Waals surface area contributed by atoms with Crippen LogP contribution in [0.15, 0.2) is 45.7 Å². The van der Waals surface area contributed by atoms with Crippen LogP contribution in [0.1, 0.15) is 18.7 Å². The summed E-state index contributed by atoms with van der Waals surface area (Å²) in [7, 11) is -2.84. The Hall–Kier alpha value is -3.07. The average Bonchev–Trinajstić information content (AvgIpc) is 3.25. The fourth-order valence-corrected chi connectivity index (χ4v) is 4.30. The average molecular weight is 402 g/mol. The second kappa shape index (κ2) is 6.83. The third-order valence-electron chi connectivity index (χ3n) is 4.47. The molecule has 1 amide bonds. The predicted octanol–water partition coefficient (Wildman–Crippen LogP) is 3.04. The van der Waals surface area contributed by atoms with Crippen molar-refractivity contribution in [3.8, 4) is 11.5 Å². The molecule has 2 heterocycles. The van der Waals surface area contributed by atoms with E-state index in [4.69, 9.17) is 13.3 Å². The van der Waals surface area contributed by atoms with Crippen molar-refractivity contribution in [2.75, 3.05) is 18.6 Å². The zero-order chi connectivity index (χ0) is 19.9. The number of oxazole rings is 1. The third-order valence-corrected chi connectivity index (χ3v) is 5.74. The van der Waals surface area contributed by atoms with Gasteiger partial charge in [0, 0.05) is 31.6 Å². The molecule has 0 radical (unpaired) electrons. The van der Waals surface area contributed by atoms with Crippen molar-refractivity contribution < 1.29 is 26.5 Å². The zero-order valence-electron chi connectivity index (χ0n) is 15.3. The summed E-state index contributed by atoms with van der Waals surface area (Å²) in [5, 5.41) is 0. The SMILES string of the molecule is COc1ccc(N2CCCC2=O)cc1S(=O)(=O)Oc1ccc2nc(C)oc2c1. The number of anilines is 1. The number of ether oxygens (including phenoxy) is 1. The highest BCUT2D eigenvalue weighted by atomic mass is 32.2. The maximum atomic E-state index is 12.9. The Labute approximate surface area is 161 Å². The van der Waals surface area contributed by atoms with Crippen molar-refractivity contribution in [3.63, 3.8) is 0 Å². The van der Waals surface area contributed by atoms with Crippen molar-refractivity contribution in [2.45, 2.75) is 24.7 Å². The number of benzene rings is 2. The minimum Gasteiger partial charge on any atom is -0.495 e. The number of amides is 1. The summed E-state index contributed by atoms with van der Waals surface area (Å²) in [5.41, 5.74) is 1.52. The van der Waals surface area contributed by atoms with Gasteiger partial charge in [0.05, 0.1) is 7.11 Å². The molecule has 0 saturated carbocycles. The summed E-state index contributed by atoms with van der Waals surface area (Å²) in [6.07, 6.45) is 1.18. The molecule has 9 heteroatoms. The molecular weight excluding hydrogens is 384 g/mol. The fraction of sp³-hybridized carbons (Fsp3) is 0.263. The molecule has 0 spiro atoms. The monoisotopic (exact) mass is 402 g/mol. The van der Waals surface area contributed by atoms with E-state index >= 15 is 0 Å². The Morgan fingerprint density at radius 2 is 2.00 bits per heavy atom. The van der Waals surface area contributed by atoms with Crippen LogP contribution in [0.4, 0.5) is 5.69 Å². The van der Waals surface area contributed by atoms with Gasteiger partial charge in [-0.2, -0.15) is 8.42 Å². The molecule has 0 N–H and O–H groups in total. The van der Waals surface area contributed by atoms with E-state index in [0.717, 1.165) is 6.42 Å². The lowest BCUT2D eigenvalue weighted by Gasteiger charge is -2.18. The molecule has 1 aliphatic rings. The smallest absolute Gasteiger partial charge is 0.343 e. The van der Waals surface area contributed by atoms with Gasteiger partial charge in [-0.25, -0.2) is 4.98 Å². The maximum Gasteiger partial charge on any atom is 0.343 e. The van der Waals surface area contributed by atoms with Crippen LogP contribution >= 0.6 is 0 Å². The molecule has 146 valence electrons. The van der Waals surface area contributed by atoms with Crippen molar-refractivity contribution in [1.29, 1.82) is 0 Å². The molecular formula is C19H18N2O6S.